The molecule has 5 nitrogen and oxygen atoms in total. The van der Waals surface area contributed by atoms with E-state index in [0.717, 1.165) is 2.88 Å². The molecule has 7 heteroatoms. The molecule has 0 radical (unpaired) electrons. The summed E-state index contributed by atoms with van der Waals surface area (Å²) in [5.74, 6) is -1.16. The number of carbonyl (C=O) groups excluding carboxylic acids is 1. The number of ether oxygens (including phenoxy) is 1. The maximum absolute atomic E-state index is 11.7. The summed E-state index contributed by atoms with van der Waals surface area (Å²) in [5.41, 5.74) is 0.588. The lowest BCUT2D eigenvalue weighted by molar-refractivity contribution is -0.139. The number of carboxylic acid groups (broad SMARTS) is 1. The number of carbonyl (C=O) groups is 2. The van der Waals surface area contributed by atoms with Gasteiger partial charge in [0.15, 0.2) is 0 Å². The van der Waals surface area contributed by atoms with Gasteiger partial charge in [-0.05, 0) is 28.7 Å². The Balaban J connectivity index is 2.44. The summed E-state index contributed by atoms with van der Waals surface area (Å²) in [6.07, 6.45) is -0.632. The molecule has 0 aliphatic heterocycles. The summed E-state index contributed by atoms with van der Waals surface area (Å²) in [6, 6.07) is 1.78. The minimum absolute atomic E-state index is 0.127. The minimum Gasteiger partial charge on any atom is -0.481 e. The Morgan fingerprint density at radius 3 is 2.82 bits per heavy atom. The third kappa shape index (κ3) is 5.00. The fraction of sp³-hybridized carbons (Fsp3) is 0.400. The first-order valence-electron chi connectivity index (χ1n) is 4.79. The average molecular weight is 369 g/mol. The molecule has 1 aromatic heterocycles. The first-order chi connectivity index (χ1) is 8.02. The van der Waals surface area contributed by atoms with Gasteiger partial charge < -0.3 is 15.2 Å². The number of rotatable bonds is 6. The zero-order valence-electron chi connectivity index (χ0n) is 9.10. The molecular formula is C10H12INO4S. The van der Waals surface area contributed by atoms with Crippen molar-refractivity contribution in [3.63, 3.8) is 0 Å². The van der Waals surface area contributed by atoms with Crippen molar-refractivity contribution >= 4 is 45.8 Å². The lowest BCUT2D eigenvalue weighted by atomic mass is 10.2. The van der Waals surface area contributed by atoms with Crippen molar-refractivity contribution in [1.29, 1.82) is 0 Å². The molecule has 0 bridgehead atoms. The quantitative estimate of drug-likeness (QED) is 0.747. The molecule has 0 fully saturated rings. The van der Waals surface area contributed by atoms with E-state index in [-0.39, 0.29) is 18.9 Å². The molecule has 0 aliphatic carbocycles. The molecule has 0 aromatic carbocycles. The lowest BCUT2D eigenvalue weighted by Gasteiger charge is -2.13. The predicted octanol–water partition coefficient (Wildman–Crippen LogP) is 1.57. The Labute approximate surface area is 116 Å². The average Bonchev–Trinajstić information content (AvgIpc) is 2.70. The maximum Gasteiger partial charge on any atom is 0.306 e. The summed E-state index contributed by atoms with van der Waals surface area (Å²) in [5, 5.41) is 13.0. The summed E-state index contributed by atoms with van der Waals surface area (Å²) >= 11 is 3.62. The van der Waals surface area contributed by atoms with Crippen LogP contribution >= 0.6 is 33.9 Å². The Hall–Kier alpha value is -0.670. The van der Waals surface area contributed by atoms with E-state index in [1.807, 2.05) is 0 Å². The lowest BCUT2D eigenvalue weighted by Crippen LogP contribution is -2.34. The monoisotopic (exact) mass is 369 g/mol. The second-order valence-corrected chi connectivity index (χ2v) is 6.11. The number of hydrogen-bond acceptors (Lipinski definition) is 4. The first-order valence-corrected chi connectivity index (χ1v) is 6.75. The van der Waals surface area contributed by atoms with Crippen LogP contribution in [-0.2, 0) is 9.53 Å². The highest BCUT2D eigenvalue weighted by molar-refractivity contribution is 14.1. The van der Waals surface area contributed by atoms with Gasteiger partial charge in [-0.15, -0.1) is 11.3 Å². The van der Waals surface area contributed by atoms with Gasteiger partial charge in [-0.3, -0.25) is 9.59 Å². The molecule has 1 amide bonds. The summed E-state index contributed by atoms with van der Waals surface area (Å²) in [4.78, 5) is 22.1. The second-order valence-electron chi connectivity index (χ2n) is 3.31. The van der Waals surface area contributed by atoms with E-state index in [1.54, 1.807) is 11.4 Å². The molecule has 94 valence electrons. The van der Waals surface area contributed by atoms with Crippen LogP contribution in [0, 0.1) is 2.88 Å². The fourth-order valence-electron chi connectivity index (χ4n) is 1.17. The molecular weight excluding hydrogens is 357 g/mol. The normalized spacial score (nSPS) is 12.1. The highest BCUT2D eigenvalue weighted by Crippen LogP contribution is 2.16. The number of amides is 1. The fourth-order valence-corrected chi connectivity index (χ4v) is 2.50. The van der Waals surface area contributed by atoms with Crippen LogP contribution in [0.3, 0.4) is 0 Å². The summed E-state index contributed by atoms with van der Waals surface area (Å²) in [6.45, 7) is 0.189. The molecule has 2 N–H and O–H groups in total. The van der Waals surface area contributed by atoms with E-state index in [1.165, 1.54) is 18.4 Å². The van der Waals surface area contributed by atoms with Gasteiger partial charge in [-0.25, -0.2) is 0 Å². The van der Waals surface area contributed by atoms with Gasteiger partial charge in [0.05, 0.1) is 21.0 Å². The summed E-state index contributed by atoms with van der Waals surface area (Å²) in [7, 11) is 1.42. The Kier molecular flexibility index (Phi) is 5.86. The highest BCUT2D eigenvalue weighted by Gasteiger charge is 2.14. The van der Waals surface area contributed by atoms with E-state index in [4.69, 9.17) is 9.84 Å². The van der Waals surface area contributed by atoms with E-state index in [0.29, 0.717) is 5.56 Å². The van der Waals surface area contributed by atoms with Crippen molar-refractivity contribution in [1.82, 2.24) is 5.32 Å². The first kappa shape index (κ1) is 14.4. The zero-order valence-corrected chi connectivity index (χ0v) is 12.1. The molecule has 1 heterocycles. The second kappa shape index (κ2) is 6.92. The van der Waals surface area contributed by atoms with E-state index >= 15 is 0 Å². The van der Waals surface area contributed by atoms with Gasteiger partial charge in [0.25, 0.3) is 5.91 Å². The van der Waals surface area contributed by atoms with E-state index < -0.39 is 12.1 Å². The van der Waals surface area contributed by atoms with Crippen LogP contribution in [0.25, 0.3) is 0 Å². The minimum atomic E-state index is -0.948. The van der Waals surface area contributed by atoms with Crippen LogP contribution in [0.15, 0.2) is 11.4 Å². The molecule has 0 spiro atoms. The zero-order chi connectivity index (χ0) is 12.8. The third-order valence-corrected chi connectivity index (χ3v) is 3.84. The molecule has 0 saturated carbocycles. The van der Waals surface area contributed by atoms with Crippen LogP contribution < -0.4 is 5.32 Å². The van der Waals surface area contributed by atoms with Crippen molar-refractivity contribution < 1.29 is 19.4 Å². The molecule has 1 aromatic rings. The third-order valence-electron chi connectivity index (χ3n) is 2.06. The van der Waals surface area contributed by atoms with Crippen molar-refractivity contribution in [2.75, 3.05) is 13.7 Å². The standard InChI is InChI=1S/C10H12INO4S/c1-16-7(3-9(13)14)4-12-10(15)6-2-8(11)17-5-6/h2,5,7H,3-4H2,1H3,(H,12,15)(H,13,14). The predicted molar refractivity (Wildman–Crippen MR) is 72.4 cm³/mol. The van der Waals surface area contributed by atoms with E-state index in [2.05, 4.69) is 27.9 Å². The van der Waals surface area contributed by atoms with Crippen LogP contribution in [-0.4, -0.2) is 36.7 Å². The number of nitrogens with one attached hydrogen (secondary N) is 1. The highest BCUT2D eigenvalue weighted by atomic mass is 127. The maximum atomic E-state index is 11.7. The molecule has 1 atom stereocenters. The molecule has 1 unspecified atom stereocenters. The Morgan fingerprint density at radius 2 is 2.35 bits per heavy atom. The topological polar surface area (TPSA) is 75.6 Å². The van der Waals surface area contributed by atoms with E-state index in [9.17, 15) is 9.59 Å². The SMILES string of the molecule is COC(CNC(=O)c1csc(I)c1)CC(=O)O. The molecule has 17 heavy (non-hydrogen) atoms. The molecule has 0 aliphatic rings. The van der Waals surface area contributed by atoms with Gasteiger partial charge in [-0.2, -0.15) is 0 Å². The van der Waals surface area contributed by atoms with Gasteiger partial charge >= 0.3 is 5.97 Å². The van der Waals surface area contributed by atoms with Crippen LogP contribution in [0.4, 0.5) is 0 Å². The number of aliphatic carboxylic acids is 1. The summed E-state index contributed by atoms with van der Waals surface area (Å²) < 4.78 is 5.99. The van der Waals surface area contributed by atoms with Crippen molar-refractivity contribution in [3.8, 4) is 0 Å². The largest absolute Gasteiger partial charge is 0.481 e. The number of thiophene rings is 1. The smallest absolute Gasteiger partial charge is 0.306 e. The number of carboxylic acids is 1. The number of hydrogen-bond donors (Lipinski definition) is 2. The van der Waals surface area contributed by atoms with Gasteiger partial charge in [0, 0.05) is 19.0 Å². The number of methoxy groups -OCH3 is 1. The van der Waals surface area contributed by atoms with Gasteiger partial charge in [0.2, 0.25) is 0 Å². The van der Waals surface area contributed by atoms with Crippen molar-refractivity contribution in [2.45, 2.75) is 12.5 Å². The Morgan fingerprint density at radius 1 is 1.65 bits per heavy atom. The number of halogens is 1. The molecule has 0 saturated heterocycles. The van der Waals surface area contributed by atoms with Crippen molar-refractivity contribution in [2.24, 2.45) is 0 Å². The van der Waals surface area contributed by atoms with Crippen LogP contribution in [0.1, 0.15) is 16.8 Å². The Bertz CT molecular complexity index is 407. The van der Waals surface area contributed by atoms with Crippen LogP contribution in [0.2, 0.25) is 0 Å². The van der Waals surface area contributed by atoms with Crippen LogP contribution in [0.5, 0.6) is 0 Å². The van der Waals surface area contributed by atoms with Crippen molar-refractivity contribution in [3.05, 3.63) is 19.9 Å². The molecule has 1 rings (SSSR count). The van der Waals surface area contributed by atoms with Gasteiger partial charge in [-0.1, -0.05) is 0 Å². The van der Waals surface area contributed by atoms with Gasteiger partial charge in [0.1, 0.15) is 0 Å².